The highest BCUT2D eigenvalue weighted by Crippen LogP contribution is 2.29. The number of halogens is 1. The van der Waals surface area contributed by atoms with Crippen molar-refractivity contribution in [2.24, 2.45) is 0 Å². The first kappa shape index (κ1) is 17.2. The average Bonchev–Trinajstić information content (AvgIpc) is 2.88. The SMILES string of the molecule is COC(=O)[C@@H]1C[C@@H](Oc2ccc(C)cc2[N+](=O)[O-])CN1.Cl. The zero-order chi connectivity index (χ0) is 14.7. The number of benzene rings is 1. The van der Waals surface area contributed by atoms with E-state index in [0.29, 0.717) is 13.0 Å². The third-order valence-corrected chi connectivity index (χ3v) is 3.18. The molecule has 1 aromatic rings. The predicted molar refractivity (Wildman–Crippen MR) is 77.9 cm³/mol. The number of aryl methyl sites for hydroxylation is 1. The summed E-state index contributed by atoms with van der Waals surface area (Å²) in [6, 6.07) is 4.38. The van der Waals surface area contributed by atoms with Gasteiger partial charge in [-0.1, -0.05) is 6.07 Å². The molecule has 116 valence electrons. The second-order valence-electron chi connectivity index (χ2n) is 4.69. The molecule has 1 saturated heterocycles. The van der Waals surface area contributed by atoms with Gasteiger partial charge >= 0.3 is 11.7 Å². The minimum Gasteiger partial charge on any atom is -0.482 e. The molecule has 0 aromatic heterocycles. The van der Waals surface area contributed by atoms with E-state index in [1.54, 1.807) is 19.1 Å². The molecule has 1 fully saturated rings. The fourth-order valence-corrected chi connectivity index (χ4v) is 2.16. The second kappa shape index (κ2) is 7.24. The normalized spacial score (nSPS) is 20.5. The fourth-order valence-electron chi connectivity index (χ4n) is 2.16. The molecule has 2 rings (SSSR count). The Morgan fingerprint density at radius 1 is 1.48 bits per heavy atom. The zero-order valence-corrected chi connectivity index (χ0v) is 12.5. The van der Waals surface area contributed by atoms with Crippen molar-refractivity contribution in [1.29, 1.82) is 0 Å². The van der Waals surface area contributed by atoms with Crippen LogP contribution in [0.15, 0.2) is 18.2 Å². The van der Waals surface area contributed by atoms with Crippen LogP contribution in [0, 0.1) is 17.0 Å². The van der Waals surface area contributed by atoms with Crippen LogP contribution in [0.25, 0.3) is 0 Å². The van der Waals surface area contributed by atoms with Crippen LogP contribution in [-0.4, -0.2) is 36.7 Å². The van der Waals surface area contributed by atoms with Crippen LogP contribution in [0.5, 0.6) is 5.75 Å². The number of nitro groups is 1. The number of rotatable bonds is 4. The fraction of sp³-hybridized carbons (Fsp3) is 0.462. The molecule has 1 heterocycles. The Bertz CT molecular complexity index is 537. The molecule has 0 bridgehead atoms. The number of carbonyl (C=O) groups is 1. The van der Waals surface area contributed by atoms with E-state index in [4.69, 9.17) is 4.74 Å². The van der Waals surface area contributed by atoms with E-state index in [9.17, 15) is 14.9 Å². The lowest BCUT2D eigenvalue weighted by Crippen LogP contribution is -2.31. The molecular weight excluding hydrogens is 300 g/mol. The number of ether oxygens (including phenoxy) is 2. The number of nitrogens with zero attached hydrogens (tertiary/aromatic N) is 1. The number of nitro benzene ring substituents is 1. The minimum absolute atomic E-state index is 0. The van der Waals surface area contributed by atoms with Gasteiger partial charge < -0.3 is 14.8 Å². The maximum Gasteiger partial charge on any atom is 0.323 e. The minimum atomic E-state index is -0.470. The molecule has 1 N–H and O–H groups in total. The van der Waals surface area contributed by atoms with E-state index in [-0.39, 0.29) is 35.9 Å². The summed E-state index contributed by atoms with van der Waals surface area (Å²) in [6.45, 7) is 2.23. The maximum atomic E-state index is 11.4. The second-order valence-corrected chi connectivity index (χ2v) is 4.69. The first-order chi connectivity index (χ1) is 9.51. The van der Waals surface area contributed by atoms with Crippen molar-refractivity contribution in [1.82, 2.24) is 5.32 Å². The molecule has 0 unspecified atom stereocenters. The Hall–Kier alpha value is -1.86. The van der Waals surface area contributed by atoms with Gasteiger partial charge in [0, 0.05) is 19.0 Å². The van der Waals surface area contributed by atoms with Gasteiger partial charge in [0.15, 0.2) is 5.75 Å². The van der Waals surface area contributed by atoms with Crippen LogP contribution in [0.4, 0.5) is 5.69 Å². The molecule has 21 heavy (non-hydrogen) atoms. The van der Waals surface area contributed by atoms with Crippen molar-refractivity contribution >= 4 is 24.1 Å². The van der Waals surface area contributed by atoms with Crippen LogP contribution in [0.1, 0.15) is 12.0 Å². The van der Waals surface area contributed by atoms with E-state index >= 15 is 0 Å². The number of hydrogen-bond donors (Lipinski definition) is 1. The quantitative estimate of drug-likeness (QED) is 0.515. The van der Waals surface area contributed by atoms with Gasteiger partial charge in [-0.2, -0.15) is 0 Å². The van der Waals surface area contributed by atoms with Gasteiger partial charge in [0.1, 0.15) is 12.1 Å². The van der Waals surface area contributed by atoms with Crippen molar-refractivity contribution in [3.05, 3.63) is 33.9 Å². The molecule has 1 aliphatic rings. The zero-order valence-electron chi connectivity index (χ0n) is 11.7. The van der Waals surface area contributed by atoms with E-state index in [0.717, 1.165) is 5.56 Å². The highest BCUT2D eigenvalue weighted by Gasteiger charge is 2.32. The lowest BCUT2D eigenvalue weighted by atomic mass is 10.2. The van der Waals surface area contributed by atoms with Crippen LogP contribution in [0.3, 0.4) is 0 Å². The van der Waals surface area contributed by atoms with Gasteiger partial charge in [-0.05, 0) is 18.6 Å². The summed E-state index contributed by atoms with van der Waals surface area (Å²) in [7, 11) is 1.32. The van der Waals surface area contributed by atoms with E-state index < -0.39 is 11.0 Å². The average molecular weight is 317 g/mol. The highest BCUT2D eigenvalue weighted by atomic mass is 35.5. The summed E-state index contributed by atoms with van der Waals surface area (Å²) < 4.78 is 10.3. The summed E-state index contributed by atoms with van der Waals surface area (Å²) in [5.41, 5.74) is 0.729. The Labute approximate surface area is 128 Å². The molecule has 2 atom stereocenters. The van der Waals surface area contributed by atoms with Crippen LogP contribution >= 0.6 is 12.4 Å². The monoisotopic (exact) mass is 316 g/mol. The Kier molecular flexibility index (Phi) is 5.92. The van der Waals surface area contributed by atoms with E-state index in [1.807, 2.05) is 0 Å². The predicted octanol–water partition coefficient (Wildman–Crippen LogP) is 1.61. The van der Waals surface area contributed by atoms with Crippen molar-refractivity contribution < 1.29 is 19.2 Å². The molecule has 0 spiro atoms. The Morgan fingerprint density at radius 3 is 2.81 bits per heavy atom. The van der Waals surface area contributed by atoms with Gasteiger partial charge in [0.05, 0.1) is 12.0 Å². The molecule has 0 aliphatic carbocycles. The first-order valence-electron chi connectivity index (χ1n) is 6.24. The summed E-state index contributed by atoms with van der Waals surface area (Å²) in [5.74, 6) is -0.132. The lowest BCUT2D eigenvalue weighted by molar-refractivity contribution is -0.386. The van der Waals surface area contributed by atoms with Gasteiger partial charge in [-0.15, -0.1) is 12.4 Å². The third-order valence-electron chi connectivity index (χ3n) is 3.18. The number of carbonyl (C=O) groups excluding carboxylic acids is 1. The van der Waals surface area contributed by atoms with Crippen LogP contribution in [-0.2, 0) is 9.53 Å². The molecule has 0 radical (unpaired) electrons. The summed E-state index contributed by atoms with van der Waals surface area (Å²) in [4.78, 5) is 21.9. The molecular formula is C13H17ClN2O5. The largest absolute Gasteiger partial charge is 0.482 e. The van der Waals surface area contributed by atoms with Crippen molar-refractivity contribution in [2.45, 2.75) is 25.5 Å². The van der Waals surface area contributed by atoms with E-state index in [2.05, 4.69) is 10.1 Å². The van der Waals surface area contributed by atoms with Gasteiger partial charge in [0.2, 0.25) is 0 Å². The molecule has 0 saturated carbocycles. The van der Waals surface area contributed by atoms with Crippen LogP contribution < -0.4 is 10.1 Å². The van der Waals surface area contributed by atoms with Gasteiger partial charge in [-0.25, -0.2) is 0 Å². The Morgan fingerprint density at radius 2 is 2.19 bits per heavy atom. The number of methoxy groups -OCH3 is 1. The van der Waals surface area contributed by atoms with Crippen LogP contribution in [0.2, 0.25) is 0 Å². The molecule has 8 heteroatoms. The smallest absolute Gasteiger partial charge is 0.323 e. The summed E-state index contributed by atoms with van der Waals surface area (Å²) in [5, 5.41) is 14.0. The third kappa shape index (κ3) is 4.05. The number of esters is 1. The van der Waals surface area contributed by atoms with Crippen molar-refractivity contribution in [3.8, 4) is 5.75 Å². The summed E-state index contributed by atoms with van der Waals surface area (Å²) in [6.07, 6.45) is 0.137. The van der Waals surface area contributed by atoms with Crippen molar-refractivity contribution in [2.75, 3.05) is 13.7 Å². The Balaban J connectivity index is 0.00000220. The van der Waals surface area contributed by atoms with Gasteiger partial charge in [0.25, 0.3) is 0 Å². The molecule has 1 aromatic carbocycles. The van der Waals surface area contributed by atoms with Crippen molar-refractivity contribution in [3.63, 3.8) is 0 Å². The molecule has 0 amide bonds. The highest BCUT2D eigenvalue weighted by molar-refractivity contribution is 5.85. The summed E-state index contributed by atoms with van der Waals surface area (Å²) >= 11 is 0. The molecule has 7 nitrogen and oxygen atoms in total. The first-order valence-corrected chi connectivity index (χ1v) is 6.24. The standard InChI is InChI=1S/C13H16N2O5.ClH/c1-8-3-4-12(11(5-8)15(17)18)20-9-6-10(14-7-9)13(16)19-2;/h3-5,9-10,14H,6-7H2,1-2H3;1H/t9-,10+;/m1./s1. The van der Waals surface area contributed by atoms with Gasteiger partial charge in [-0.3, -0.25) is 14.9 Å². The topological polar surface area (TPSA) is 90.7 Å². The molecule has 1 aliphatic heterocycles. The maximum absolute atomic E-state index is 11.4. The number of nitrogens with one attached hydrogen (secondary N) is 1. The van der Waals surface area contributed by atoms with E-state index in [1.165, 1.54) is 13.2 Å². The lowest BCUT2D eigenvalue weighted by Gasteiger charge is -2.13. The number of hydrogen-bond acceptors (Lipinski definition) is 6.